The lowest BCUT2D eigenvalue weighted by molar-refractivity contribution is -0.139. The number of hydrogen-bond donors (Lipinski definition) is 2. The lowest BCUT2D eigenvalue weighted by atomic mass is 9.80. The molecule has 2 aliphatic rings. The van der Waals surface area contributed by atoms with Gasteiger partial charge in [-0.1, -0.05) is 30.3 Å². The van der Waals surface area contributed by atoms with E-state index in [0.717, 1.165) is 23.3 Å². The Bertz CT molecular complexity index is 785. The molecule has 1 unspecified atom stereocenters. The molecule has 1 atom stereocenters. The number of rotatable bonds is 4. The molecule has 7 heteroatoms. The minimum atomic E-state index is -1.08. The molecule has 150 valence electrons. The van der Waals surface area contributed by atoms with Crippen molar-refractivity contribution in [2.75, 3.05) is 0 Å². The van der Waals surface area contributed by atoms with E-state index in [9.17, 15) is 14.4 Å². The van der Waals surface area contributed by atoms with E-state index in [2.05, 4.69) is 43.3 Å². The number of nitrogens with zero attached hydrogens (tertiary/aromatic N) is 2. The van der Waals surface area contributed by atoms with Gasteiger partial charge < -0.3 is 5.32 Å². The molecule has 4 amide bonds. The molecule has 2 aliphatic heterocycles. The summed E-state index contributed by atoms with van der Waals surface area (Å²) in [6.45, 7) is 8.60. The summed E-state index contributed by atoms with van der Waals surface area (Å²) in [6, 6.07) is 8.53. The first kappa shape index (κ1) is 20.2. The van der Waals surface area contributed by atoms with Gasteiger partial charge >= 0.3 is 6.03 Å². The highest BCUT2D eigenvalue weighted by atomic mass is 16.2. The summed E-state index contributed by atoms with van der Waals surface area (Å²) < 4.78 is 0. The van der Waals surface area contributed by atoms with Crippen LogP contribution in [0.2, 0.25) is 0 Å². The van der Waals surface area contributed by atoms with Crippen molar-refractivity contribution in [2.45, 2.75) is 64.2 Å². The van der Waals surface area contributed by atoms with Crippen molar-refractivity contribution >= 4 is 24.1 Å². The second kappa shape index (κ2) is 7.47. The molecule has 0 aliphatic carbocycles. The summed E-state index contributed by atoms with van der Waals surface area (Å²) in [6.07, 6.45) is 3.04. The summed E-state index contributed by atoms with van der Waals surface area (Å²) in [5, 5.41) is 5.86. The van der Waals surface area contributed by atoms with Gasteiger partial charge in [0.1, 0.15) is 0 Å². The number of carbonyl (C=O) groups excluding carboxylic acids is 3. The highest BCUT2D eigenvalue weighted by molar-refractivity contribution is 6.23. The van der Waals surface area contributed by atoms with Crippen LogP contribution in [0.25, 0.3) is 0 Å². The number of benzene rings is 1. The molecule has 0 spiro atoms. The van der Waals surface area contributed by atoms with Crippen molar-refractivity contribution < 1.29 is 14.4 Å². The SMILES string of the molecule is CC1(C)CC(N=CC2C(=O)NC(=O)N(Cc3ccccc3)C2=O)CC(C)(C)N1. The van der Waals surface area contributed by atoms with Gasteiger partial charge in [0.2, 0.25) is 11.8 Å². The molecule has 0 aromatic heterocycles. The van der Waals surface area contributed by atoms with Crippen LogP contribution in [0.1, 0.15) is 46.1 Å². The number of nitrogens with one attached hydrogen (secondary N) is 2. The third-order valence-electron chi connectivity index (χ3n) is 5.09. The summed E-state index contributed by atoms with van der Waals surface area (Å²) in [5.74, 6) is -2.23. The third kappa shape index (κ3) is 4.65. The molecule has 2 heterocycles. The second-order valence-corrected chi connectivity index (χ2v) is 8.94. The van der Waals surface area contributed by atoms with E-state index in [1.807, 2.05) is 30.3 Å². The molecule has 0 bridgehead atoms. The maximum Gasteiger partial charge on any atom is 0.331 e. The van der Waals surface area contributed by atoms with E-state index >= 15 is 0 Å². The van der Waals surface area contributed by atoms with E-state index in [1.54, 1.807) is 0 Å². The largest absolute Gasteiger partial charge is 0.331 e. The number of barbiturate groups is 1. The smallest absolute Gasteiger partial charge is 0.307 e. The van der Waals surface area contributed by atoms with Crippen molar-refractivity contribution in [1.82, 2.24) is 15.5 Å². The Hall–Kier alpha value is -2.54. The molecule has 7 nitrogen and oxygen atoms in total. The van der Waals surface area contributed by atoms with Crippen LogP contribution in [-0.4, -0.2) is 46.1 Å². The van der Waals surface area contributed by atoms with Gasteiger partial charge in [-0.2, -0.15) is 0 Å². The maximum absolute atomic E-state index is 12.8. The normalized spacial score (nSPS) is 25.2. The molecule has 1 aromatic rings. The van der Waals surface area contributed by atoms with Gasteiger partial charge in [-0.05, 0) is 46.1 Å². The first-order valence-electron chi connectivity index (χ1n) is 9.59. The number of aliphatic imine (C=N–C) groups is 1. The molecule has 0 saturated carbocycles. The number of imide groups is 2. The van der Waals surface area contributed by atoms with Gasteiger partial charge in [-0.15, -0.1) is 0 Å². The van der Waals surface area contributed by atoms with Gasteiger partial charge in [0.15, 0.2) is 5.92 Å². The second-order valence-electron chi connectivity index (χ2n) is 8.94. The quantitative estimate of drug-likeness (QED) is 0.615. The number of carbonyl (C=O) groups is 3. The molecular weight excluding hydrogens is 356 g/mol. The first-order chi connectivity index (χ1) is 13.1. The summed E-state index contributed by atoms with van der Waals surface area (Å²) in [7, 11) is 0. The predicted molar refractivity (Wildman–Crippen MR) is 107 cm³/mol. The van der Waals surface area contributed by atoms with Gasteiger partial charge in [-0.3, -0.25) is 24.8 Å². The molecular formula is C21H28N4O3. The van der Waals surface area contributed by atoms with Crippen molar-refractivity contribution in [2.24, 2.45) is 10.9 Å². The fourth-order valence-electron chi connectivity index (χ4n) is 4.26. The molecule has 2 saturated heterocycles. The topological polar surface area (TPSA) is 90.9 Å². The standard InChI is InChI=1S/C21H28N4O3/c1-20(2)10-15(11-21(3,4)24-20)22-12-16-17(26)23-19(28)25(18(16)27)13-14-8-6-5-7-9-14/h5-9,12,15-16,24H,10-11,13H2,1-4H3,(H,23,26,28). The van der Waals surface area contributed by atoms with Crippen LogP contribution in [0.5, 0.6) is 0 Å². The highest BCUT2D eigenvalue weighted by Crippen LogP contribution is 2.30. The fraction of sp³-hybridized carbons (Fsp3) is 0.524. The average Bonchev–Trinajstić information content (AvgIpc) is 2.56. The van der Waals surface area contributed by atoms with Crippen molar-refractivity contribution in [3.8, 4) is 0 Å². The van der Waals surface area contributed by atoms with Gasteiger partial charge in [0.05, 0.1) is 12.6 Å². The zero-order valence-corrected chi connectivity index (χ0v) is 16.9. The van der Waals surface area contributed by atoms with E-state index in [4.69, 9.17) is 0 Å². The van der Waals surface area contributed by atoms with Crippen LogP contribution < -0.4 is 10.6 Å². The van der Waals surface area contributed by atoms with Gasteiger partial charge in [-0.25, -0.2) is 4.79 Å². The molecule has 0 radical (unpaired) electrons. The van der Waals surface area contributed by atoms with E-state index < -0.39 is 23.8 Å². The number of amides is 4. The maximum atomic E-state index is 12.8. The molecule has 2 N–H and O–H groups in total. The van der Waals surface area contributed by atoms with Crippen LogP contribution in [0.4, 0.5) is 4.79 Å². The third-order valence-corrected chi connectivity index (χ3v) is 5.09. The average molecular weight is 384 g/mol. The van der Waals surface area contributed by atoms with Crippen LogP contribution in [-0.2, 0) is 16.1 Å². The van der Waals surface area contributed by atoms with Crippen LogP contribution in [0, 0.1) is 5.92 Å². The zero-order chi connectivity index (χ0) is 20.5. The molecule has 28 heavy (non-hydrogen) atoms. The van der Waals surface area contributed by atoms with Crippen LogP contribution in [0.15, 0.2) is 35.3 Å². The minimum absolute atomic E-state index is 0.00653. The van der Waals surface area contributed by atoms with Crippen LogP contribution >= 0.6 is 0 Å². The van der Waals surface area contributed by atoms with Crippen molar-refractivity contribution in [1.29, 1.82) is 0 Å². The van der Waals surface area contributed by atoms with E-state index in [-0.39, 0.29) is 23.7 Å². The first-order valence-corrected chi connectivity index (χ1v) is 9.59. The zero-order valence-electron chi connectivity index (χ0n) is 16.9. The number of piperidine rings is 1. The number of urea groups is 1. The lowest BCUT2D eigenvalue weighted by Crippen LogP contribution is -2.59. The minimum Gasteiger partial charge on any atom is -0.307 e. The van der Waals surface area contributed by atoms with Crippen LogP contribution in [0.3, 0.4) is 0 Å². The molecule has 2 fully saturated rings. The van der Waals surface area contributed by atoms with E-state index in [1.165, 1.54) is 6.21 Å². The summed E-state index contributed by atoms with van der Waals surface area (Å²) in [4.78, 5) is 42.9. The highest BCUT2D eigenvalue weighted by Gasteiger charge is 2.41. The Balaban J connectivity index is 1.75. The predicted octanol–water partition coefficient (Wildman–Crippen LogP) is 2.26. The summed E-state index contributed by atoms with van der Waals surface area (Å²) >= 11 is 0. The molecule has 3 rings (SSSR count). The van der Waals surface area contributed by atoms with Gasteiger partial charge in [0, 0.05) is 17.3 Å². The van der Waals surface area contributed by atoms with E-state index in [0.29, 0.717) is 0 Å². The Labute approximate surface area is 165 Å². The Morgan fingerprint density at radius 1 is 1.07 bits per heavy atom. The Kier molecular flexibility index (Phi) is 5.39. The fourth-order valence-corrected chi connectivity index (χ4v) is 4.26. The van der Waals surface area contributed by atoms with Crippen molar-refractivity contribution in [3.63, 3.8) is 0 Å². The van der Waals surface area contributed by atoms with Crippen molar-refractivity contribution in [3.05, 3.63) is 35.9 Å². The molecule has 1 aromatic carbocycles. The lowest BCUT2D eigenvalue weighted by Gasteiger charge is -2.45. The Morgan fingerprint density at radius 3 is 2.29 bits per heavy atom. The monoisotopic (exact) mass is 384 g/mol. The number of hydrogen-bond acceptors (Lipinski definition) is 5. The summed E-state index contributed by atoms with van der Waals surface area (Å²) in [5.41, 5.74) is 0.647. The van der Waals surface area contributed by atoms with Gasteiger partial charge in [0.25, 0.3) is 0 Å². The Morgan fingerprint density at radius 2 is 1.68 bits per heavy atom.